The molecule has 6 heteroatoms. The van der Waals surface area contributed by atoms with E-state index in [0.717, 1.165) is 41.2 Å². The zero-order chi connectivity index (χ0) is 19.4. The Morgan fingerprint density at radius 2 is 1.96 bits per heavy atom. The highest BCUT2D eigenvalue weighted by Gasteiger charge is 2.50. The molecule has 142 valence electrons. The van der Waals surface area contributed by atoms with E-state index in [0.29, 0.717) is 11.6 Å². The predicted octanol–water partition coefficient (Wildman–Crippen LogP) is 4.28. The molecular weight excluding hydrogens is 360 g/mol. The summed E-state index contributed by atoms with van der Waals surface area (Å²) in [5, 5.41) is 11.5. The predicted molar refractivity (Wildman–Crippen MR) is 110 cm³/mol. The van der Waals surface area contributed by atoms with Crippen LogP contribution >= 0.6 is 11.6 Å². The van der Waals surface area contributed by atoms with Gasteiger partial charge in [0.2, 0.25) is 0 Å². The SMILES string of the molecule is CC[C@@]1(C)CN(c2cc(-c3nc4ccccc4n3C)c(Cl)cn2)C[C@@]1(C)O. The standard InChI is InChI=1S/C21H25ClN4O/c1-5-20(2)12-26(13-21(20,3)27)18-10-14(15(22)11-23-18)19-24-16-8-6-7-9-17(16)25(19)4/h6-11,27H,5,12-13H2,1-4H3/t20-,21+/m0/s1. The Hall–Kier alpha value is -2.11. The van der Waals surface area contributed by atoms with E-state index in [4.69, 9.17) is 16.6 Å². The van der Waals surface area contributed by atoms with Crippen LogP contribution in [0.3, 0.4) is 0 Å². The zero-order valence-corrected chi connectivity index (χ0v) is 17.0. The molecule has 1 aliphatic heterocycles. The minimum Gasteiger partial charge on any atom is -0.388 e. The van der Waals surface area contributed by atoms with Gasteiger partial charge in [-0.1, -0.05) is 37.6 Å². The summed E-state index contributed by atoms with van der Waals surface area (Å²) < 4.78 is 2.05. The highest BCUT2D eigenvalue weighted by Crippen LogP contribution is 2.43. The van der Waals surface area contributed by atoms with Crippen molar-refractivity contribution < 1.29 is 5.11 Å². The number of pyridine rings is 1. The van der Waals surface area contributed by atoms with Gasteiger partial charge in [-0.2, -0.15) is 0 Å². The Bertz CT molecular complexity index is 1010. The summed E-state index contributed by atoms with van der Waals surface area (Å²) in [7, 11) is 2.00. The Labute approximate surface area is 164 Å². The van der Waals surface area contributed by atoms with Crippen molar-refractivity contribution in [3.63, 3.8) is 0 Å². The van der Waals surface area contributed by atoms with Crippen LogP contribution in [0, 0.1) is 5.41 Å². The lowest BCUT2D eigenvalue weighted by atomic mass is 9.75. The lowest BCUT2D eigenvalue weighted by Crippen LogP contribution is -2.42. The number of fused-ring (bicyclic) bond motifs is 1. The number of rotatable bonds is 3. The molecule has 0 saturated carbocycles. The summed E-state index contributed by atoms with van der Waals surface area (Å²) in [4.78, 5) is 11.5. The van der Waals surface area contributed by atoms with Gasteiger partial charge in [0.1, 0.15) is 11.6 Å². The van der Waals surface area contributed by atoms with E-state index in [-0.39, 0.29) is 5.41 Å². The van der Waals surface area contributed by atoms with Crippen molar-refractivity contribution in [2.45, 2.75) is 32.8 Å². The maximum Gasteiger partial charge on any atom is 0.142 e. The van der Waals surface area contributed by atoms with Crippen LogP contribution < -0.4 is 4.90 Å². The fourth-order valence-electron chi connectivity index (χ4n) is 4.02. The number of aliphatic hydroxyl groups is 1. The Balaban J connectivity index is 1.78. The molecule has 0 bridgehead atoms. The van der Waals surface area contributed by atoms with Gasteiger partial charge in [-0.15, -0.1) is 0 Å². The summed E-state index contributed by atoms with van der Waals surface area (Å²) in [6.07, 6.45) is 2.59. The van der Waals surface area contributed by atoms with Crippen LogP contribution in [0.2, 0.25) is 5.02 Å². The first-order valence-corrected chi connectivity index (χ1v) is 9.68. The van der Waals surface area contributed by atoms with Crippen LogP contribution in [0.25, 0.3) is 22.4 Å². The number of β-amino-alcohol motifs (C(OH)–C–C–N with tert-alkyl or cyclic N) is 1. The normalized spacial score (nSPS) is 25.5. The van der Waals surface area contributed by atoms with Gasteiger partial charge in [0, 0.05) is 37.3 Å². The van der Waals surface area contributed by atoms with Crippen LogP contribution in [-0.4, -0.2) is 38.3 Å². The number of para-hydroxylation sites is 2. The van der Waals surface area contributed by atoms with Crippen LogP contribution in [0.5, 0.6) is 0 Å². The molecule has 3 heterocycles. The Morgan fingerprint density at radius 3 is 2.63 bits per heavy atom. The molecule has 1 N–H and O–H groups in total. The molecule has 1 fully saturated rings. The first kappa shape index (κ1) is 18.3. The Kier molecular flexibility index (Phi) is 4.20. The molecule has 0 aliphatic carbocycles. The van der Waals surface area contributed by atoms with E-state index < -0.39 is 5.60 Å². The average Bonchev–Trinajstić information content (AvgIpc) is 3.10. The third kappa shape index (κ3) is 2.80. The number of hydrogen-bond acceptors (Lipinski definition) is 4. The van der Waals surface area contributed by atoms with E-state index in [1.807, 2.05) is 44.3 Å². The first-order chi connectivity index (χ1) is 12.8. The van der Waals surface area contributed by atoms with Crippen molar-refractivity contribution >= 4 is 28.5 Å². The molecule has 5 nitrogen and oxygen atoms in total. The summed E-state index contributed by atoms with van der Waals surface area (Å²) >= 11 is 6.49. The number of imidazole rings is 1. The lowest BCUT2D eigenvalue weighted by Gasteiger charge is -2.33. The molecule has 2 atom stereocenters. The minimum absolute atomic E-state index is 0.174. The molecule has 0 unspecified atom stereocenters. The van der Waals surface area contributed by atoms with Crippen molar-refractivity contribution in [1.82, 2.24) is 14.5 Å². The fourth-order valence-corrected chi connectivity index (χ4v) is 4.21. The second-order valence-corrected chi connectivity index (χ2v) is 8.46. The van der Waals surface area contributed by atoms with E-state index in [1.165, 1.54) is 0 Å². The maximum absolute atomic E-state index is 10.9. The van der Waals surface area contributed by atoms with Gasteiger partial charge in [-0.25, -0.2) is 9.97 Å². The lowest BCUT2D eigenvalue weighted by molar-refractivity contribution is -0.0214. The van der Waals surface area contributed by atoms with Crippen LogP contribution in [0.1, 0.15) is 27.2 Å². The number of halogens is 1. The highest BCUT2D eigenvalue weighted by atomic mass is 35.5. The molecule has 0 amide bonds. The number of aryl methyl sites for hydroxylation is 1. The minimum atomic E-state index is -0.763. The van der Waals surface area contributed by atoms with Crippen molar-refractivity contribution in [2.24, 2.45) is 12.5 Å². The second-order valence-electron chi connectivity index (χ2n) is 8.05. The highest BCUT2D eigenvalue weighted by molar-refractivity contribution is 6.33. The fraction of sp³-hybridized carbons (Fsp3) is 0.429. The molecule has 1 aliphatic rings. The summed E-state index contributed by atoms with van der Waals surface area (Å²) in [6, 6.07) is 10.0. The van der Waals surface area contributed by atoms with Gasteiger partial charge in [0.05, 0.1) is 21.7 Å². The molecular formula is C21H25ClN4O. The number of hydrogen-bond donors (Lipinski definition) is 1. The molecule has 3 aromatic rings. The van der Waals surface area contributed by atoms with Gasteiger partial charge >= 0.3 is 0 Å². The van der Waals surface area contributed by atoms with Crippen LogP contribution in [0.15, 0.2) is 36.5 Å². The van der Waals surface area contributed by atoms with Crippen LogP contribution in [0.4, 0.5) is 5.82 Å². The topological polar surface area (TPSA) is 54.2 Å². The van der Waals surface area contributed by atoms with E-state index in [9.17, 15) is 5.11 Å². The smallest absolute Gasteiger partial charge is 0.142 e. The molecule has 1 saturated heterocycles. The van der Waals surface area contributed by atoms with Crippen molar-refractivity contribution in [3.05, 3.63) is 41.6 Å². The van der Waals surface area contributed by atoms with E-state index >= 15 is 0 Å². The molecule has 0 spiro atoms. The molecule has 4 rings (SSSR count). The monoisotopic (exact) mass is 384 g/mol. The summed E-state index contributed by atoms with van der Waals surface area (Å²) in [5.41, 5.74) is 1.91. The maximum atomic E-state index is 10.9. The molecule has 1 aromatic carbocycles. The van der Waals surface area contributed by atoms with Crippen molar-refractivity contribution in [3.8, 4) is 11.4 Å². The van der Waals surface area contributed by atoms with Crippen LogP contribution in [-0.2, 0) is 7.05 Å². The van der Waals surface area contributed by atoms with Gasteiger partial charge in [-0.05, 0) is 31.5 Å². The number of benzene rings is 1. The molecule has 0 radical (unpaired) electrons. The van der Waals surface area contributed by atoms with E-state index in [1.54, 1.807) is 6.20 Å². The van der Waals surface area contributed by atoms with Gasteiger partial charge in [0.25, 0.3) is 0 Å². The third-order valence-electron chi connectivity index (χ3n) is 6.31. The second kappa shape index (κ2) is 6.21. The quantitative estimate of drug-likeness (QED) is 0.732. The molecule has 2 aromatic heterocycles. The van der Waals surface area contributed by atoms with Gasteiger partial charge in [0.15, 0.2) is 0 Å². The number of anilines is 1. The van der Waals surface area contributed by atoms with Gasteiger partial charge in [-0.3, -0.25) is 0 Å². The first-order valence-electron chi connectivity index (χ1n) is 9.30. The Morgan fingerprint density at radius 1 is 1.22 bits per heavy atom. The molecule has 27 heavy (non-hydrogen) atoms. The van der Waals surface area contributed by atoms with E-state index in [2.05, 4.69) is 28.3 Å². The van der Waals surface area contributed by atoms with Gasteiger partial charge < -0.3 is 14.6 Å². The average molecular weight is 385 g/mol. The largest absolute Gasteiger partial charge is 0.388 e. The third-order valence-corrected chi connectivity index (χ3v) is 6.61. The summed E-state index contributed by atoms with van der Waals surface area (Å²) in [5.74, 6) is 1.63. The summed E-state index contributed by atoms with van der Waals surface area (Å²) in [6.45, 7) is 7.48. The number of aromatic nitrogens is 3. The van der Waals surface area contributed by atoms with Crippen molar-refractivity contribution in [2.75, 3.05) is 18.0 Å². The zero-order valence-electron chi connectivity index (χ0n) is 16.2. The number of nitrogens with zero attached hydrogens (tertiary/aromatic N) is 4. The van der Waals surface area contributed by atoms with Crippen molar-refractivity contribution in [1.29, 1.82) is 0 Å².